The van der Waals surface area contributed by atoms with E-state index in [9.17, 15) is 9.18 Å². The van der Waals surface area contributed by atoms with E-state index in [-0.39, 0.29) is 12.3 Å². The molecule has 0 atom stereocenters. The summed E-state index contributed by atoms with van der Waals surface area (Å²) in [7, 11) is 1.63. The number of benzene rings is 2. The Balaban J connectivity index is 1.59. The van der Waals surface area contributed by atoms with Crippen molar-refractivity contribution in [2.45, 2.75) is 26.4 Å². The third kappa shape index (κ3) is 5.78. The van der Waals surface area contributed by atoms with E-state index in [0.717, 1.165) is 23.1 Å². The fourth-order valence-electron chi connectivity index (χ4n) is 2.89. The van der Waals surface area contributed by atoms with Crippen LogP contribution in [0.5, 0.6) is 11.5 Å². The number of halogens is 1. The van der Waals surface area contributed by atoms with Crippen molar-refractivity contribution in [3.05, 3.63) is 83.4 Å². The number of pyridine rings is 1. The number of aryl methyl sites for hydroxylation is 1. The lowest BCUT2D eigenvalue weighted by Crippen LogP contribution is -2.13. The lowest BCUT2D eigenvalue weighted by atomic mass is 10.1. The lowest BCUT2D eigenvalue weighted by molar-refractivity contribution is -0.116. The van der Waals surface area contributed by atoms with E-state index >= 15 is 0 Å². The van der Waals surface area contributed by atoms with Crippen LogP contribution in [0.2, 0.25) is 0 Å². The molecule has 1 N–H and O–H groups in total. The fraction of sp³-hybridized carbons (Fsp3) is 0.217. The van der Waals surface area contributed by atoms with Crippen LogP contribution in [-0.4, -0.2) is 18.0 Å². The van der Waals surface area contributed by atoms with Gasteiger partial charge < -0.3 is 14.8 Å². The zero-order valence-corrected chi connectivity index (χ0v) is 16.4. The maximum atomic E-state index is 13.2. The molecule has 1 heterocycles. The van der Waals surface area contributed by atoms with Crippen molar-refractivity contribution in [1.29, 1.82) is 0 Å². The highest BCUT2D eigenvalue weighted by Crippen LogP contribution is 2.27. The van der Waals surface area contributed by atoms with E-state index in [2.05, 4.69) is 10.3 Å². The summed E-state index contributed by atoms with van der Waals surface area (Å²) in [5.74, 6) is 0.916. The van der Waals surface area contributed by atoms with Gasteiger partial charge in [-0.15, -0.1) is 0 Å². The van der Waals surface area contributed by atoms with Crippen LogP contribution in [0, 0.1) is 12.7 Å². The highest BCUT2D eigenvalue weighted by Gasteiger charge is 2.10. The van der Waals surface area contributed by atoms with Gasteiger partial charge in [-0.1, -0.05) is 18.2 Å². The molecule has 5 nitrogen and oxygen atoms in total. The predicted octanol–water partition coefficient (Wildman–Crippen LogP) is 4.69. The van der Waals surface area contributed by atoms with Crippen molar-refractivity contribution in [2.75, 3.05) is 12.4 Å². The zero-order valence-electron chi connectivity index (χ0n) is 16.4. The van der Waals surface area contributed by atoms with Gasteiger partial charge in [0.05, 0.1) is 13.3 Å². The normalized spacial score (nSPS) is 10.4. The minimum absolute atomic E-state index is 0.151. The smallest absolute Gasteiger partial charge is 0.224 e. The number of anilines is 1. The van der Waals surface area contributed by atoms with Crippen molar-refractivity contribution in [2.24, 2.45) is 0 Å². The van der Waals surface area contributed by atoms with E-state index in [1.807, 2.05) is 49.4 Å². The lowest BCUT2D eigenvalue weighted by Gasteiger charge is -2.14. The van der Waals surface area contributed by atoms with Crippen LogP contribution in [0.25, 0.3) is 0 Å². The van der Waals surface area contributed by atoms with Gasteiger partial charge in [0.1, 0.15) is 23.9 Å². The first-order chi connectivity index (χ1) is 14.0. The van der Waals surface area contributed by atoms with Gasteiger partial charge in [0.15, 0.2) is 0 Å². The molecular formula is C23H23FN2O3. The number of nitrogens with one attached hydrogen (secondary N) is 1. The van der Waals surface area contributed by atoms with Crippen LogP contribution in [0.1, 0.15) is 23.1 Å². The number of rotatable bonds is 8. The summed E-state index contributed by atoms with van der Waals surface area (Å²) in [5.41, 5.74) is 3.21. The van der Waals surface area contributed by atoms with Gasteiger partial charge in [-0.3, -0.25) is 9.78 Å². The van der Waals surface area contributed by atoms with Crippen LogP contribution < -0.4 is 14.8 Å². The van der Waals surface area contributed by atoms with E-state index in [1.165, 1.54) is 6.07 Å². The Kier molecular flexibility index (Phi) is 6.79. The highest BCUT2D eigenvalue weighted by atomic mass is 19.1. The number of methoxy groups -OCH3 is 1. The first-order valence-electron chi connectivity index (χ1n) is 9.30. The van der Waals surface area contributed by atoms with Crippen molar-refractivity contribution in [3.63, 3.8) is 0 Å². The molecule has 0 aliphatic carbocycles. The SMILES string of the molecule is COc1cccc(COc2cccc(NC(=O)CCc3cncc(F)c3)c2C)c1. The van der Waals surface area contributed by atoms with Crippen LogP contribution in [0.4, 0.5) is 10.1 Å². The summed E-state index contributed by atoms with van der Waals surface area (Å²) >= 11 is 0. The van der Waals surface area contributed by atoms with Gasteiger partial charge in [-0.05, 0) is 54.8 Å². The molecule has 0 saturated carbocycles. The van der Waals surface area contributed by atoms with Crippen molar-refractivity contribution < 1.29 is 18.7 Å². The quantitative estimate of drug-likeness (QED) is 0.602. The van der Waals surface area contributed by atoms with E-state index < -0.39 is 5.82 Å². The molecule has 0 fully saturated rings. The predicted molar refractivity (Wildman–Crippen MR) is 110 cm³/mol. The Labute approximate surface area is 169 Å². The largest absolute Gasteiger partial charge is 0.497 e. The number of carbonyl (C=O) groups is 1. The molecule has 29 heavy (non-hydrogen) atoms. The van der Waals surface area contributed by atoms with Crippen molar-refractivity contribution >= 4 is 11.6 Å². The average molecular weight is 394 g/mol. The van der Waals surface area contributed by atoms with Crippen LogP contribution in [-0.2, 0) is 17.8 Å². The molecule has 0 spiro atoms. The maximum absolute atomic E-state index is 13.2. The van der Waals surface area contributed by atoms with Crippen LogP contribution in [0.3, 0.4) is 0 Å². The summed E-state index contributed by atoms with van der Waals surface area (Å²) in [6, 6.07) is 14.6. The Morgan fingerprint density at radius 1 is 1.10 bits per heavy atom. The molecule has 0 aliphatic heterocycles. The molecule has 6 heteroatoms. The summed E-state index contributed by atoms with van der Waals surface area (Å²) in [4.78, 5) is 16.1. The molecule has 150 valence electrons. The fourth-order valence-corrected chi connectivity index (χ4v) is 2.89. The molecule has 0 bridgehead atoms. The van der Waals surface area contributed by atoms with Crippen LogP contribution in [0.15, 0.2) is 60.9 Å². The topological polar surface area (TPSA) is 60.5 Å². The molecule has 3 aromatic rings. The van der Waals surface area contributed by atoms with Crippen molar-refractivity contribution in [3.8, 4) is 11.5 Å². The second-order valence-electron chi connectivity index (χ2n) is 6.63. The number of nitrogens with zero attached hydrogens (tertiary/aromatic N) is 1. The second kappa shape index (κ2) is 9.68. The summed E-state index contributed by atoms with van der Waals surface area (Å²) in [6.45, 7) is 2.29. The summed E-state index contributed by atoms with van der Waals surface area (Å²) < 4.78 is 24.3. The first kappa shape index (κ1) is 20.3. The van der Waals surface area contributed by atoms with E-state index in [4.69, 9.17) is 9.47 Å². The number of hydrogen-bond acceptors (Lipinski definition) is 4. The summed E-state index contributed by atoms with van der Waals surface area (Å²) in [6.07, 6.45) is 3.36. The van der Waals surface area contributed by atoms with E-state index in [1.54, 1.807) is 13.3 Å². The molecule has 3 rings (SSSR count). The van der Waals surface area contributed by atoms with Gasteiger partial charge in [-0.25, -0.2) is 4.39 Å². The van der Waals surface area contributed by atoms with Crippen molar-refractivity contribution in [1.82, 2.24) is 4.98 Å². The third-order valence-electron chi connectivity index (χ3n) is 4.49. The van der Waals surface area contributed by atoms with Gasteiger partial charge in [0, 0.05) is 23.9 Å². The molecule has 0 aliphatic rings. The standard InChI is InChI=1S/C23H23FN2O3/c1-16-21(26-23(27)10-9-17-11-19(24)14-25-13-17)7-4-8-22(16)29-15-18-5-3-6-20(12-18)28-2/h3-8,11-14H,9-10,15H2,1-2H3,(H,26,27). The molecule has 0 radical (unpaired) electrons. The average Bonchev–Trinajstić information content (AvgIpc) is 2.73. The molecule has 1 aromatic heterocycles. The molecular weight excluding hydrogens is 371 g/mol. The monoisotopic (exact) mass is 394 g/mol. The third-order valence-corrected chi connectivity index (χ3v) is 4.49. The maximum Gasteiger partial charge on any atom is 0.224 e. The minimum Gasteiger partial charge on any atom is -0.497 e. The number of aromatic nitrogens is 1. The van der Waals surface area contributed by atoms with Gasteiger partial charge in [-0.2, -0.15) is 0 Å². The first-order valence-corrected chi connectivity index (χ1v) is 9.30. The Bertz CT molecular complexity index is 991. The number of carbonyl (C=O) groups excluding carboxylic acids is 1. The molecule has 1 amide bonds. The Hall–Kier alpha value is -3.41. The van der Waals surface area contributed by atoms with Gasteiger partial charge in [0.2, 0.25) is 5.91 Å². The number of amides is 1. The minimum atomic E-state index is -0.403. The van der Waals surface area contributed by atoms with Crippen LogP contribution >= 0.6 is 0 Å². The molecule has 0 saturated heterocycles. The van der Waals surface area contributed by atoms with Gasteiger partial charge >= 0.3 is 0 Å². The number of hydrogen-bond donors (Lipinski definition) is 1. The molecule has 0 unspecified atom stereocenters. The highest BCUT2D eigenvalue weighted by molar-refractivity contribution is 5.92. The van der Waals surface area contributed by atoms with E-state index in [0.29, 0.717) is 30.0 Å². The second-order valence-corrected chi connectivity index (χ2v) is 6.63. The summed E-state index contributed by atoms with van der Waals surface area (Å²) in [5, 5.41) is 2.90. The molecule has 2 aromatic carbocycles. The zero-order chi connectivity index (χ0) is 20.6. The number of ether oxygens (including phenoxy) is 2. The van der Waals surface area contributed by atoms with Gasteiger partial charge in [0.25, 0.3) is 0 Å². The Morgan fingerprint density at radius 2 is 1.93 bits per heavy atom. The Morgan fingerprint density at radius 3 is 2.72 bits per heavy atom.